The van der Waals surface area contributed by atoms with Crippen LogP contribution in [0.4, 0.5) is 0 Å². The standard InChI is InChI=1S/C19H24BrN3O3/c1-13-21-18(23-26-13)19(10-4-3-5-11-19)22-17(24)9-7-14-6-8-16(25-2)15(20)12-14/h6,8,12H,3-5,7,9-11H2,1-2H3,(H,22,24). The number of hydrogen-bond donors (Lipinski definition) is 1. The summed E-state index contributed by atoms with van der Waals surface area (Å²) in [4.78, 5) is 17.0. The highest BCUT2D eigenvalue weighted by Gasteiger charge is 2.39. The molecule has 0 saturated heterocycles. The number of halogens is 1. The molecule has 0 radical (unpaired) electrons. The third kappa shape index (κ3) is 4.26. The van der Waals surface area contributed by atoms with Gasteiger partial charge in [0.05, 0.1) is 11.6 Å². The van der Waals surface area contributed by atoms with E-state index in [4.69, 9.17) is 9.26 Å². The monoisotopic (exact) mass is 421 g/mol. The number of methoxy groups -OCH3 is 1. The Morgan fingerprint density at radius 3 is 2.73 bits per heavy atom. The van der Waals surface area contributed by atoms with Gasteiger partial charge in [0.2, 0.25) is 11.8 Å². The molecule has 26 heavy (non-hydrogen) atoms. The zero-order chi connectivity index (χ0) is 18.6. The van der Waals surface area contributed by atoms with E-state index in [-0.39, 0.29) is 5.91 Å². The van der Waals surface area contributed by atoms with E-state index in [1.807, 2.05) is 18.2 Å². The fourth-order valence-corrected chi connectivity index (χ4v) is 4.09. The molecule has 1 fully saturated rings. The summed E-state index contributed by atoms with van der Waals surface area (Å²) >= 11 is 3.48. The highest BCUT2D eigenvalue weighted by Crippen LogP contribution is 2.35. The Balaban J connectivity index is 1.66. The molecule has 1 heterocycles. The van der Waals surface area contributed by atoms with Gasteiger partial charge in [0.25, 0.3) is 0 Å². The summed E-state index contributed by atoms with van der Waals surface area (Å²) in [5.41, 5.74) is 0.592. The number of carbonyl (C=O) groups is 1. The molecule has 0 atom stereocenters. The third-order valence-electron chi connectivity index (χ3n) is 4.90. The Kier molecular flexibility index (Phi) is 5.96. The first kappa shape index (κ1) is 18.9. The van der Waals surface area contributed by atoms with Crippen molar-refractivity contribution in [1.82, 2.24) is 15.5 Å². The van der Waals surface area contributed by atoms with Crippen LogP contribution < -0.4 is 10.1 Å². The van der Waals surface area contributed by atoms with Gasteiger partial charge in [0.15, 0.2) is 5.82 Å². The first-order chi connectivity index (χ1) is 12.5. The lowest BCUT2D eigenvalue weighted by Crippen LogP contribution is -2.48. The average Bonchev–Trinajstić information content (AvgIpc) is 3.08. The predicted molar refractivity (Wildman–Crippen MR) is 101 cm³/mol. The Morgan fingerprint density at radius 1 is 1.35 bits per heavy atom. The molecule has 2 aromatic rings. The molecular weight excluding hydrogens is 398 g/mol. The van der Waals surface area contributed by atoms with Gasteiger partial charge < -0.3 is 14.6 Å². The highest BCUT2D eigenvalue weighted by molar-refractivity contribution is 9.10. The van der Waals surface area contributed by atoms with Crippen molar-refractivity contribution in [2.45, 2.75) is 57.4 Å². The van der Waals surface area contributed by atoms with Gasteiger partial charge in [-0.3, -0.25) is 4.79 Å². The number of nitrogens with zero attached hydrogens (tertiary/aromatic N) is 2. The molecule has 6 nitrogen and oxygen atoms in total. The largest absolute Gasteiger partial charge is 0.496 e. The SMILES string of the molecule is COc1ccc(CCC(=O)NC2(c3noc(C)n3)CCCCC2)cc1Br. The molecule has 0 unspecified atom stereocenters. The second-order valence-corrected chi connectivity index (χ2v) is 7.65. The Morgan fingerprint density at radius 2 is 2.12 bits per heavy atom. The first-order valence-electron chi connectivity index (χ1n) is 8.97. The quantitative estimate of drug-likeness (QED) is 0.760. The van der Waals surface area contributed by atoms with Gasteiger partial charge in [0.1, 0.15) is 11.3 Å². The predicted octanol–water partition coefficient (Wildman–Crippen LogP) is 4.06. The maximum Gasteiger partial charge on any atom is 0.223 e. The number of carbonyl (C=O) groups excluding carboxylic acids is 1. The minimum absolute atomic E-state index is 0.0151. The summed E-state index contributed by atoms with van der Waals surface area (Å²) in [6.07, 6.45) is 6.07. The topological polar surface area (TPSA) is 77.2 Å². The lowest BCUT2D eigenvalue weighted by Gasteiger charge is -2.35. The number of rotatable bonds is 6. The lowest BCUT2D eigenvalue weighted by molar-refractivity contribution is -0.123. The zero-order valence-electron chi connectivity index (χ0n) is 15.2. The minimum Gasteiger partial charge on any atom is -0.496 e. The van der Waals surface area contributed by atoms with Crippen LogP contribution in [-0.2, 0) is 16.8 Å². The summed E-state index contributed by atoms with van der Waals surface area (Å²) in [5.74, 6) is 1.94. The van der Waals surface area contributed by atoms with E-state index in [0.29, 0.717) is 24.6 Å². The number of ether oxygens (including phenoxy) is 1. The molecule has 7 heteroatoms. The van der Waals surface area contributed by atoms with Crippen molar-refractivity contribution in [2.75, 3.05) is 7.11 Å². The fraction of sp³-hybridized carbons (Fsp3) is 0.526. The van der Waals surface area contributed by atoms with Crippen LogP contribution in [0.2, 0.25) is 0 Å². The van der Waals surface area contributed by atoms with Crippen molar-refractivity contribution in [3.63, 3.8) is 0 Å². The summed E-state index contributed by atoms with van der Waals surface area (Å²) in [7, 11) is 1.64. The van der Waals surface area contributed by atoms with E-state index in [2.05, 4.69) is 31.4 Å². The van der Waals surface area contributed by atoms with Crippen LogP contribution in [0.25, 0.3) is 0 Å². The van der Waals surface area contributed by atoms with Gasteiger partial charge in [-0.15, -0.1) is 0 Å². The maximum atomic E-state index is 12.6. The lowest BCUT2D eigenvalue weighted by atomic mass is 9.81. The number of amides is 1. The van der Waals surface area contributed by atoms with E-state index < -0.39 is 5.54 Å². The first-order valence-corrected chi connectivity index (χ1v) is 9.76. The van der Waals surface area contributed by atoms with Gasteiger partial charge in [-0.1, -0.05) is 30.5 Å². The van der Waals surface area contributed by atoms with E-state index in [1.165, 1.54) is 6.42 Å². The van der Waals surface area contributed by atoms with Gasteiger partial charge in [0, 0.05) is 13.3 Å². The minimum atomic E-state index is -0.492. The fourth-order valence-electron chi connectivity index (χ4n) is 3.51. The molecule has 1 aromatic carbocycles. The molecule has 1 saturated carbocycles. The molecular formula is C19H24BrN3O3. The number of aryl methyl sites for hydroxylation is 2. The normalized spacial score (nSPS) is 16.3. The van der Waals surface area contributed by atoms with Crippen LogP contribution in [0, 0.1) is 6.92 Å². The van der Waals surface area contributed by atoms with Crippen LogP contribution in [0.3, 0.4) is 0 Å². The van der Waals surface area contributed by atoms with E-state index in [1.54, 1.807) is 14.0 Å². The highest BCUT2D eigenvalue weighted by atomic mass is 79.9. The van der Waals surface area contributed by atoms with Crippen molar-refractivity contribution < 1.29 is 14.1 Å². The summed E-state index contributed by atoms with van der Waals surface area (Å²) in [6.45, 7) is 1.77. The molecule has 3 rings (SSSR count). The molecule has 140 valence electrons. The number of benzene rings is 1. The van der Waals surface area contributed by atoms with Gasteiger partial charge >= 0.3 is 0 Å². The Labute approximate surface area is 161 Å². The van der Waals surface area contributed by atoms with Gasteiger partial charge in [-0.05, 0) is 52.9 Å². The van der Waals surface area contributed by atoms with Crippen LogP contribution in [0.1, 0.15) is 55.8 Å². The van der Waals surface area contributed by atoms with Crippen LogP contribution >= 0.6 is 15.9 Å². The second-order valence-electron chi connectivity index (χ2n) is 6.80. The molecule has 1 aliphatic carbocycles. The van der Waals surface area contributed by atoms with Crippen LogP contribution in [-0.4, -0.2) is 23.2 Å². The number of nitrogens with one attached hydrogen (secondary N) is 1. The summed E-state index contributed by atoms with van der Waals surface area (Å²) in [5, 5.41) is 7.30. The van der Waals surface area contributed by atoms with Crippen LogP contribution in [0.5, 0.6) is 5.75 Å². The molecule has 1 N–H and O–H groups in total. The van der Waals surface area contributed by atoms with Gasteiger partial charge in [-0.25, -0.2) is 0 Å². The van der Waals surface area contributed by atoms with Crippen molar-refractivity contribution in [2.24, 2.45) is 0 Å². The molecule has 1 amide bonds. The second kappa shape index (κ2) is 8.20. The van der Waals surface area contributed by atoms with Crippen molar-refractivity contribution in [3.8, 4) is 5.75 Å². The smallest absolute Gasteiger partial charge is 0.223 e. The molecule has 0 aliphatic heterocycles. The Bertz CT molecular complexity index is 769. The maximum absolute atomic E-state index is 12.6. The van der Waals surface area contributed by atoms with E-state index in [9.17, 15) is 4.79 Å². The van der Waals surface area contributed by atoms with E-state index >= 15 is 0 Å². The van der Waals surface area contributed by atoms with Crippen molar-refractivity contribution in [1.29, 1.82) is 0 Å². The summed E-state index contributed by atoms with van der Waals surface area (Å²) in [6, 6.07) is 5.88. The molecule has 0 spiro atoms. The molecule has 1 aromatic heterocycles. The average molecular weight is 422 g/mol. The van der Waals surface area contributed by atoms with Crippen LogP contribution in [0.15, 0.2) is 27.2 Å². The molecule has 1 aliphatic rings. The van der Waals surface area contributed by atoms with Gasteiger partial charge in [-0.2, -0.15) is 4.98 Å². The zero-order valence-corrected chi connectivity index (χ0v) is 16.8. The van der Waals surface area contributed by atoms with Crippen molar-refractivity contribution in [3.05, 3.63) is 40.0 Å². The third-order valence-corrected chi connectivity index (χ3v) is 5.52. The summed E-state index contributed by atoms with van der Waals surface area (Å²) < 4.78 is 11.3. The van der Waals surface area contributed by atoms with E-state index in [0.717, 1.165) is 41.5 Å². The number of hydrogen-bond acceptors (Lipinski definition) is 5. The number of aromatic nitrogens is 2. The van der Waals surface area contributed by atoms with Crippen molar-refractivity contribution >= 4 is 21.8 Å². The Hall–Kier alpha value is -1.89. The molecule has 0 bridgehead atoms.